The molecule has 3 aromatic rings. The van der Waals surface area contributed by atoms with Gasteiger partial charge in [-0.2, -0.15) is 0 Å². The molecule has 5 rings (SSSR count). The summed E-state index contributed by atoms with van der Waals surface area (Å²) in [5.41, 5.74) is 0.367. The van der Waals surface area contributed by atoms with Crippen molar-refractivity contribution in [3.05, 3.63) is 51.9 Å². The Morgan fingerprint density at radius 1 is 1.19 bits per heavy atom. The van der Waals surface area contributed by atoms with Gasteiger partial charge in [-0.1, -0.05) is 18.0 Å². The number of fused-ring (bicyclic) bond motifs is 3. The third-order valence-corrected chi connectivity index (χ3v) is 5.70. The van der Waals surface area contributed by atoms with Crippen LogP contribution in [0.1, 0.15) is 42.6 Å². The van der Waals surface area contributed by atoms with Crippen molar-refractivity contribution >= 4 is 28.5 Å². The molecule has 4 heterocycles. The van der Waals surface area contributed by atoms with Crippen LogP contribution in [-0.4, -0.2) is 25.0 Å². The van der Waals surface area contributed by atoms with Crippen LogP contribution in [0.2, 0.25) is 5.02 Å². The summed E-state index contributed by atoms with van der Waals surface area (Å²) in [6.07, 6.45) is 9.42. The monoisotopic (exact) mass is 369 g/mol. The van der Waals surface area contributed by atoms with Crippen LogP contribution in [0.4, 0.5) is 0 Å². The first-order valence-corrected chi connectivity index (χ1v) is 9.04. The molecule has 0 radical (unpaired) electrons. The molecule has 1 fully saturated rings. The van der Waals surface area contributed by atoms with E-state index >= 15 is 0 Å². The molecule has 0 unspecified atom stereocenters. The molecule has 0 aromatic carbocycles. The smallest absolute Gasteiger partial charge is 0.277 e. The van der Waals surface area contributed by atoms with Crippen molar-refractivity contribution in [1.82, 2.24) is 24.4 Å². The second-order valence-corrected chi connectivity index (χ2v) is 7.31. The van der Waals surface area contributed by atoms with E-state index in [0.29, 0.717) is 11.3 Å². The van der Waals surface area contributed by atoms with Crippen LogP contribution in [0.3, 0.4) is 0 Å². The first kappa shape index (κ1) is 15.6. The summed E-state index contributed by atoms with van der Waals surface area (Å²) in [7, 11) is 0. The molecule has 26 heavy (non-hydrogen) atoms. The van der Waals surface area contributed by atoms with Gasteiger partial charge < -0.3 is 5.32 Å². The maximum atomic E-state index is 13.4. The first-order valence-electron chi connectivity index (χ1n) is 8.67. The van der Waals surface area contributed by atoms with E-state index < -0.39 is 5.66 Å². The van der Waals surface area contributed by atoms with Gasteiger partial charge in [0, 0.05) is 17.8 Å². The van der Waals surface area contributed by atoms with Crippen LogP contribution >= 0.6 is 11.6 Å². The molecular weight excluding hydrogens is 354 g/mol. The van der Waals surface area contributed by atoms with Crippen molar-refractivity contribution in [2.75, 3.05) is 0 Å². The Bertz CT molecular complexity index is 1110. The van der Waals surface area contributed by atoms with E-state index in [9.17, 15) is 9.59 Å². The Morgan fingerprint density at radius 3 is 2.81 bits per heavy atom. The maximum absolute atomic E-state index is 13.4. The van der Waals surface area contributed by atoms with Gasteiger partial charge in [-0.05, 0) is 37.8 Å². The highest BCUT2D eigenvalue weighted by atomic mass is 35.5. The maximum Gasteiger partial charge on any atom is 0.277 e. The predicted molar refractivity (Wildman–Crippen MR) is 96.7 cm³/mol. The highest BCUT2D eigenvalue weighted by molar-refractivity contribution is 6.34. The van der Waals surface area contributed by atoms with E-state index in [4.69, 9.17) is 11.6 Å². The number of carbonyl (C=O) groups excluding carboxylic acids is 1. The minimum absolute atomic E-state index is 0.235. The zero-order valence-electron chi connectivity index (χ0n) is 13.9. The Labute approximate surface area is 153 Å². The van der Waals surface area contributed by atoms with E-state index in [1.54, 1.807) is 27.6 Å². The van der Waals surface area contributed by atoms with Gasteiger partial charge in [-0.25, -0.2) is 9.97 Å². The Balaban J connectivity index is 1.80. The quantitative estimate of drug-likeness (QED) is 0.714. The van der Waals surface area contributed by atoms with Gasteiger partial charge in [0.05, 0.1) is 5.02 Å². The summed E-state index contributed by atoms with van der Waals surface area (Å²) in [4.78, 5) is 34.2. The second kappa shape index (κ2) is 5.41. The summed E-state index contributed by atoms with van der Waals surface area (Å²) in [5.74, 6) is -0.278. The highest BCUT2D eigenvalue weighted by Gasteiger charge is 2.45. The lowest BCUT2D eigenvalue weighted by Gasteiger charge is -2.35. The number of pyridine rings is 1. The molecule has 1 amide bonds. The molecule has 1 N–H and O–H groups in total. The fourth-order valence-electron chi connectivity index (χ4n) is 4.25. The van der Waals surface area contributed by atoms with Gasteiger partial charge in [-0.3, -0.25) is 18.7 Å². The minimum atomic E-state index is -0.667. The van der Waals surface area contributed by atoms with Gasteiger partial charge in [-0.15, -0.1) is 0 Å². The van der Waals surface area contributed by atoms with Crippen LogP contribution < -0.4 is 10.9 Å². The average molecular weight is 370 g/mol. The number of nitrogens with zero attached hydrogens (tertiary/aromatic N) is 4. The molecule has 1 aliphatic carbocycles. The number of rotatable bonds is 1. The molecule has 7 nitrogen and oxygen atoms in total. The standard InChI is InChI=1S/C18H16ClN5O2/c19-12-8-13(23-7-4-11-9-20-10-21-15(11)23)17(26)24-14(12)16(25)22-18(24)5-2-1-3-6-18/h4,7-10H,1-3,5-6H2,(H,22,25). The molecule has 132 valence electrons. The van der Waals surface area contributed by atoms with Gasteiger partial charge in [0.1, 0.15) is 29.0 Å². The number of aromatic nitrogens is 4. The van der Waals surface area contributed by atoms with E-state index in [2.05, 4.69) is 15.3 Å². The van der Waals surface area contributed by atoms with Crippen molar-refractivity contribution in [2.24, 2.45) is 0 Å². The van der Waals surface area contributed by atoms with Gasteiger partial charge in [0.15, 0.2) is 0 Å². The van der Waals surface area contributed by atoms with E-state index in [1.807, 2.05) is 6.07 Å². The van der Waals surface area contributed by atoms with Crippen molar-refractivity contribution < 1.29 is 4.79 Å². The van der Waals surface area contributed by atoms with Crippen LogP contribution in [0.25, 0.3) is 16.7 Å². The zero-order valence-corrected chi connectivity index (χ0v) is 14.7. The molecule has 1 aliphatic heterocycles. The fourth-order valence-corrected chi connectivity index (χ4v) is 4.52. The molecule has 2 aliphatic rings. The van der Waals surface area contributed by atoms with Crippen molar-refractivity contribution in [3.8, 4) is 5.69 Å². The van der Waals surface area contributed by atoms with Crippen molar-refractivity contribution in [3.63, 3.8) is 0 Å². The lowest BCUT2D eigenvalue weighted by atomic mass is 9.89. The first-order chi connectivity index (χ1) is 12.6. The number of nitrogens with one attached hydrogen (secondary N) is 1. The molecular formula is C18H16ClN5O2. The van der Waals surface area contributed by atoms with Gasteiger partial charge in [0.25, 0.3) is 11.5 Å². The van der Waals surface area contributed by atoms with Gasteiger partial charge in [0.2, 0.25) is 0 Å². The number of hydrogen-bond donors (Lipinski definition) is 1. The Hall–Kier alpha value is -2.67. The van der Waals surface area contributed by atoms with Crippen LogP contribution in [-0.2, 0) is 5.66 Å². The largest absolute Gasteiger partial charge is 0.327 e. The molecule has 0 saturated heterocycles. The van der Waals surface area contributed by atoms with E-state index in [-0.39, 0.29) is 22.2 Å². The highest BCUT2D eigenvalue weighted by Crippen LogP contribution is 2.38. The summed E-state index contributed by atoms with van der Waals surface area (Å²) in [6, 6.07) is 3.40. The number of halogens is 1. The van der Waals surface area contributed by atoms with Crippen LogP contribution in [0.5, 0.6) is 0 Å². The molecule has 0 bridgehead atoms. The molecule has 3 aromatic heterocycles. The minimum Gasteiger partial charge on any atom is -0.327 e. The van der Waals surface area contributed by atoms with E-state index in [0.717, 1.165) is 37.5 Å². The van der Waals surface area contributed by atoms with Gasteiger partial charge >= 0.3 is 0 Å². The summed E-state index contributed by atoms with van der Waals surface area (Å²) in [5, 5.41) is 4.13. The summed E-state index contributed by atoms with van der Waals surface area (Å²) < 4.78 is 3.29. The van der Waals surface area contributed by atoms with Crippen LogP contribution in [0.15, 0.2) is 35.6 Å². The van der Waals surface area contributed by atoms with E-state index in [1.165, 1.54) is 6.33 Å². The van der Waals surface area contributed by atoms with Crippen molar-refractivity contribution in [1.29, 1.82) is 0 Å². The number of hydrogen-bond acceptors (Lipinski definition) is 4. The topological polar surface area (TPSA) is 81.8 Å². The molecule has 1 saturated carbocycles. The normalized spacial score (nSPS) is 18.3. The SMILES string of the molecule is O=C1NC2(CCCCC2)n2c1c(Cl)cc(-n1ccc3cncnc31)c2=O. The summed E-state index contributed by atoms with van der Waals surface area (Å²) in [6.45, 7) is 0. The van der Waals surface area contributed by atoms with Crippen molar-refractivity contribution in [2.45, 2.75) is 37.8 Å². The Kier molecular flexibility index (Phi) is 3.24. The average Bonchev–Trinajstić information content (AvgIpc) is 3.18. The molecule has 0 atom stereocenters. The molecule has 8 heteroatoms. The summed E-state index contributed by atoms with van der Waals surface area (Å²) >= 11 is 6.45. The Morgan fingerprint density at radius 2 is 2.00 bits per heavy atom. The fraction of sp³-hybridized carbons (Fsp3) is 0.333. The number of amides is 1. The third-order valence-electron chi connectivity index (χ3n) is 5.41. The third kappa shape index (κ3) is 2.00. The number of carbonyl (C=O) groups is 1. The van der Waals surface area contributed by atoms with Crippen LogP contribution in [0, 0.1) is 0 Å². The lowest BCUT2D eigenvalue weighted by molar-refractivity contribution is 0.0876. The second-order valence-electron chi connectivity index (χ2n) is 6.90. The molecule has 1 spiro atoms. The zero-order chi connectivity index (χ0) is 17.9. The lowest BCUT2D eigenvalue weighted by Crippen LogP contribution is -2.49. The predicted octanol–water partition coefficient (Wildman–Crippen LogP) is 2.60.